The fraction of sp³-hybridized carbons (Fsp3) is 0.391. The third kappa shape index (κ3) is 4.85. The number of carbonyl (C=O) groups excluding carboxylic acids is 2. The molecule has 3 heterocycles. The van der Waals surface area contributed by atoms with Gasteiger partial charge < -0.3 is 24.8 Å². The quantitative estimate of drug-likeness (QED) is 0.536. The Hall–Kier alpha value is -3.40. The number of benzene rings is 1. The summed E-state index contributed by atoms with van der Waals surface area (Å²) in [5, 5.41) is 7.41. The lowest BCUT2D eigenvalue weighted by Crippen LogP contribution is -2.47. The number of amides is 2. The van der Waals surface area contributed by atoms with Gasteiger partial charge in [-0.3, -0.25) is 4.79 Å². The highest BCUT2D eigenvalue weighted by Crippen LogP contribution is 2.23. The topological polar surface area (TPSA) is 106 Å². The molecule has 9 nitrogen and oxygen atoms in total. The van der Waals surface area contributed by atoms with Crippen molar-refractivity contribution in [1.29, 1.82) is 0 Å². The zero-order valence-corrected chi connectivity index (χ0v) is 19.5. The first-order chi connectivity index (χ1) is 16.0. The van der Waals surface area contributed by atoms with Gasteiger partial charge in [0.1, 0.15) is 4.88 Å². The predicted octanol–water partition coefficient (Wildman–Crippen LogP) is 3.45. The Morgan fingerprint density at radius 2 is 1.97 bits per heavy atom. The smallest absolute Gasteiger partial charge is 0.350 e. The van der Waals surface area contributed by atoms with Crippen LogP contribution in [0.2, 0.25) is 0 Å². The Morgan fingerprint density at radius 1 is 1.21 bits per heavy atom. The van der Waals surface area contributed by atoms with Crippen molar-refractivity contribution in [3.05, 3.63) is 50.9 Å². The van der Waals surface area contributed by atoms with Crippen molar-refractivity contribution in [2.45, 2.75) is 38.8 Å². The summed E-state index contributed by atoms with van der Waals surface area (Å²) < 4.78 is 6.54. The number of piperidine rings is 1. The number of nitrogens with zero attached hydrogens (tertiary/aromatic N) is 3. The molecule has 1 aliphatic rings. The maximum absolute atomic E-state index is 13.2. The first-order valence-corrected chi connectivity index (χ1v) is 11.9. The van der Waals surface area contributed by atoms with Gasteiger partial charge >= 0.3 is 12.0 Å². The number of ether oxygens (including phenoxy) is 1. The summed E-state index contributed by atoms with van der Waals surface area (Å²) in [6, 6.07) is 8.96. The number of methoxy groups -OCH3 is 1. The number of carbonyl (C=O) groups is 2. The normalized spacial score (nSPS) is 14.3. The number of rotatable bonds is 6. The van der Waals surface area contributed by atoms with Crippen molar-refractivity contribution in [2.24, 2.45) is 0 Å². The van der Waals surface area contributed by atoms with Crippen LogP contribution in [0.3, 0.4) is 0 Å². The van der Waals surface area contributed by atoms with Gasteiger partial charge in [0.05, 0.1) is 23.8 Å². The van der Waals surface area contributed by atoms with Crippen LogP contribution in [0, 0.1) is 0 Å². The van der Waals surface area contributed by atoms with Gasteiger partial charge in [0, 0.05) is 25.7 Å². The second-order valence-corrected chi connectivity index (χ2v) is 8.81. The summed E-state index contributed by atoms with van der Waals surface area (Å²) in [4.78, 5) is 44.4. The zero-order valence-electron chi connectivity index (χ0n) is 18.7. The molecule has 1 saturated heterocycles. The van der Waals surface area contributed by atoms with Crippen LogP contribution in [-0.4, -0.2) is 47.8 Å². The molecule has 2 amide bonds. The second-order valence-electron chi connectivity index (χ2n) is 7.90. The first kappa shape index (κ1) is 22.8. The molecule has 33 heavy (non-hydrogen) atoms. The van der Waals surface area contributed by atoms with E-state index in [1.165, 1.54) is 18.4 Å². The van der Waals surface area contributed by atoms with Crippen LogP contribution < -0.4 is 21.1 Å². The van der Waals surface area contributed by atoms with Crippen molar-refractivity contribution >= 4 is 45.9 Å². The summed E-state index contributed by atoms with van der Waals surface area (Å²) in [5.74, 6) is -0.0173. The molecule has 1 aromatic carbocycles. The molecule has 2 aromatic heterocycles. The average Bonchev–Trinajstić information content (AvgIpc) is 3.28. The SMILES string of the molecule is CCCn1c(=O)c(N2CCC(NC(=O)Nc3ccsc3C(=O)OC)CC2)nc2ccccc21. The lowest BCUT2D eigenvalue weighted by Gasteiger charge is -2.33. The Balaban J connectivity index is 1.41. The maximum atomic E-state index is 13.2. The fourth-order valence-corrected chi connectivity index (χ4v) is 4.83. The summed E-state index contributed by atoms with van der Waals surface area (Å²) in [6.45, 7) is 3.92. The third-order valence-electron chi connectivity index (χ3n) is 5.70. The largest absolute Gasteiger partial charge is 0.465 e. The van der Waals surface area contributed by atoms with Gasteiger partial charge in [-0.15, -0.1) is 11.3 Å². The first-order valence-electron chi connectivity index (χ1n) is 11.0. The minimum atomic E-state index is -0.481. The van der Waals surface area contributed by atoms with Crippen LogP contribution in [0.1, 0.15) is 35.9 Å². The highest BCUT2D eigenvalue weighted by atomic mass is 32.1. The predicted molar refractivity (Wildman–Crippen MR) is 129 cm³/mol. The summed E-state index contributed by atoms with van der Waals surface area (Å²) >= 11 is 1.21. The fourth-order valence-electron chi connectivity index (χ4n) is 4.07. The molecule has 3 aromatic rings. The minimum Gasteiger partial charge on any atom is -0.465 e. The molecule has 10 heteroatoms. The third-order valence-corrected chi connectivity index (χ3v) is 6.59. The van der Waals surface area contributed by atoms with Gasteiger partial charge in [0.25, 0.3) is 5.56 Å². The summed E-state index contributed by atoms with van der Waals surface area (Å²) in [6.07, 6.45) is 2.22. The van der Waals surface area contributed by atoms with Gasteiger partial charge in [0.15, 0.2) is 5.82 Å². The van der Waals surface area contributed by atoms with Gasteiger partial charge in [-0.1, -0.05) is 19.1 Å². The van der Waals surface area contributed by atoms with Crippen molar-refractivity contribution in [1.82, 2.24) is 14.9 Å². The summed E-state index contributed by atoms with van der Waals surface area (Å²) in [7, 11) is 1.31. The highest BCUT2D eigenvalue weighted by molar-refractivity contribution is 7.12. The number of nitrogens with one attached hydrogen (secondary N) is 2. The molecule has 0 unspecified atom stereocenters. The standard InChI is InChI=1S/C23H27N5O4S/c1-3-11-28-18-7-5-4-6-16(18)25-20(21(28)29)27-12-8-15(9-13-27)24-23(31)26-17-10-14-33-19(17)22(30)32-2/h4-7,10,14-15H,3,8-9,11-13H2,1-2H3,(H2,24,26,31). The number of aromatic nitrogens is 2. The van der Waals surface area contributed by atoms with Gasteiger partial charge in [-0.25, -0.2) is 14.6 Å². The molecule has 2 N–H and O–H groups in total. The van der Waals surface area contributed by atoms with E-state index in [0.717, 1.165) is 17.5 Å². The number of anilines is 2. The highest BCUT2D eigenvalue weighted by Gasteiger charge is 2.25. The van der Waals surface area contributed by atoms with E-state index >= 15 is 0 Å². The number of urea groups is 1. The zero-order chi connectivity index (χ0) is 23.4. The van der Waals surface area contributed by atoms with Crippen molar-refractivity contribution in [2.75, 3.05) is 30.4 Å². The van der Waals surface area contributed by atoms with Crippen molar-refractivity contribution < 1.29 is 14.3 Å². The molecular formula is C23H27N5O4S. The van der Waals surface area contributed by atoms with E-state index in [0.29, 0.717) is 48.9 Å². The molecule has 1 fully saturated rings. The van der Waals surface area contributed by atoms with E-state index < -0.39 is 5.97 Å². The molecular weight excluding hydrogens is 442 g/mol. The van der Waals surface area contributed by atoms with Crippen molar-refractivity contribution in [3.8, 4) is 0 Å². The lowest BCUT2D eigenvalue weighted by molar-refractivity contribution is 0.0607. The molecule has 174 valence electrons. The van der Waals surface area contributed by atoms with Crippen LogP contribution in [-0.2, 0) is 11.3 Å². The molecule has 0 saturated carbocycles. The van der Waals surface area contributed by atoms with Gasteiger partial charge in [-0.2, -0.15) is 0 Å². The number of aryl methyl sites for hydroxylation is 1. The van der Waals surface area contributed by atoms with Gasteiger partial charge in [0.2, 0.25) is 0 Å². The maximum Gasteiger partial charge on any atom is 0.350 e. The number of thiophene rings is 1. The Bertz CT molecular complexity index is 1210. The van der Waals surface area contributed by atoms with Crippen molar-refractivity contribution in [3.63, 3.8) is 0 Å². The molecule has 1 aliphatic heterocycles. The molecule has 0 aliphatic carbocycles. The van der Waals surface area contributed by atoms with Crippen LogP contribution >= 0.6 is 11.3 Å². The lowest BCUT2D eigenvalue weighted by atomic mass is 10.1. The number of hydrogen-bond acceptors (Lipinski definition) is 7. The molecule has 0 bridgehead atoms. The van der Waals surface area contributed by atoms with Crippen LogP contribution in [0.15, 0.2) is 40.5 Å². The Labute approximate surface area is 195 Å². The van der Waals surface area contributed by atoms with Crippen LogP contribution in [0.5, 0.6) is 0 Å². The molecule has 4 rings (SSSR count). The van der Waals surface area contributed by atoms with E-state index in [-0.39, 0.29) is 17.6 Å². The Kier molecular flexibility index (Phi) is 6.93. The summed E-state index contributed by atoms with van der Waals surface area (Å²) in [5.41, 5.74) is 2.00. The number of fused-ring (bicyclic) bond motifs is 1. The number of esters is 1. The number of hydrogen-bond donors (Lipinski definition) is 2. The van der Waals surface area contributed by atoms with E-state index in [2.05, 4.69) is 15.6 Å². The van der Waals surface area contributed by atoms with E-state index in [4.69, 9.17) is 4.74 Å². The van der Waals surface area contributed by atoms with E-state index in [9.17, 15) is 14.4 Å². The van der Waals surface area contributed by atoms with E-state index in [1.807, 2.05) is 36.1 Å². The van der Waals surface area contributed by atoms with Gasteiger partial charge in [-0.05, 0) is 42.8 Å². The van der Waals surface area contributed by atoms with Crippen LogP contribution in [0.4, 0.5) is 16.3 Å². The average molecular weight is 470 g/mol. The minimum absolute atomic E-state index is 0.0419. The molecule has 0 radical (unpaired) electrons. The number of para-hydroxylation sites is 2. The monoisotopic (exact) mass is 469 g/mol. The Morgan fingerprint density at radius 3 is 2.70 bits per heavy atom. The van der Waals surface area contributed by atoms with Crippen LogP contribution in [0.25, 0.3) is 11.0 Å². The molecule has 0 spiro atoms. The molecule has 0 atom stereocenters. The second kappa shape index (κ2) is 10.0. The van der Waals surface area contributed by atoms with E-state index in [1.54, 1.807) is 16.0 Å².